The normalized spacial score (nSPS) is 12.3. The zero-order valence-electron chi connectivity index (χ0n) is 19.8. The van der Waals surface area contributed by atoms with Crippen LogP contribution in [0, 0.1) is 0 Å². The van der Waals surface area contributed by atoms with Crippen LogP contribution in [0.4, 0.5) is 30.7 Å². The topological polar surface area (TPSA) is 27.7 Å². The minimum atomic E-state index is -4.93. The van der Waals surface area contributed by atoms with Gasteiger partial charge >= 0.3 is 18.6 Å². The van der Waals surface area contributed by atoms with Crippen molar-refractivity contribution in [3.8, 4) is 17.2 Å². The van der Waals surface area contributed by atoms with Gasteiger partial charge in [-0.05, 0) is 79.1 Å². The second-order valence-electron chi connectivity index (χ2n) is 8.29. The van der Waals surface area contributed by atoms with Gasteiger partial charge in [-0.1, -0.05) is 38.3 Å². The summed E-state index contributed by atoms with van der Waals surface area (Å²) in [5, 5.41) is 0. The molecule has 3 aromatic carbocycles. The number of ether oxygens (including phenoxy) is 3. The van der Waals surface area contributed by atoms with Crippen LogP contribution < -0.4 is 14.2 Å². The molecule has 0 bridgehead atoms. The van der Waals surface area contributed by atoms with Crippen LogP contribution in [0.5, 0.6) is 17.2 Å². The van der Waals surface area contributed by atoms with E-state index < -0.39 is 35.6 Å². The smallest absolute Gasteiger partial charge is 0.429 e. The third kappa shape index (κ3) is 8.58. The molecule has 0 aliphatic heterocycles. The molecule has 0 aliphatic carbocycles. The van der Waals surface area contributed by atoms with Crippen LogP contribution >= 0.6 is 0 Å². The number of halogens is 7. The van der Waals surface area contributed by atoms with Crippen molar-refractivity contribution in [2.45, 2.75) is 57.6 Å². The average molecular weight is 530 g/mol. The lowest BCUT2D eigenvalue weighted by Crippen LogP contribution is -2.23. The maximum Gasteiger partial charge on any atom is 0.573 e. The van der Waals surface area contributed by atoms with Gasteiger partial charge in [-0.2, -0.15) is 17.6 Å². The zero-order valence-corrected chi connectivity index (χ0v) is 19.8. The van der Waals surface area contributed by atoms with E-state index >= 15 is 0 Å². The summed E-state index contributed by atoms with van der Waals surface area (Å²) in [4.78, 5) is 0. The van der Waals surface area contributed by atoms with Crippen LogP contribution in [0.25, 0.3) is 0 Å². The zero-order chi connectivity index (χ0) is 27.1. The third-order valence-electron chi connectivity index (χ3n) is 5.35. The molecule has 0 N–H and O–H groups in total. The third-order valence-corrected chi connectivity index (χ3v) is 5.35. The van der Waals surface area contributed by atoms with E-state index in [1.807, 2.05) is 0 Å². The highest BCUT2D eigenvalue weighted by atomic mass is 19.4. The molecular weight excluding hydrogens is 505 g/mol. The molecule has 0 radical (unpaired) electrons. The van der Waals surface area contributed by atoms with Crippen molar-refractivity contribution in [3.63, 3.8) is 0 Å². The van der Waals surface area contributed by atoms with E-state index in [-0.39, 0.29) is 11.3 Å². The van der Waals surface area contributed by atoms with Gasteiger partial charge in [0.1, 0.15) is 17.2 Å². The van der Waals surface area contributed by atoms with E-state index in [1.54, 1.807) is 12.1 Å². The Morgan fingerprint density at radius 2 is 0.919 bits per heavy atom. The highest BCUT2D eigenvalue weighted by Gasteiger charge is 2.37. The summed E-state index contributed by atoms with van der Waals surface area (Å²) in [7, 11) is 0. The van der Waals surface area contributed by atoms with Crippen LogP contribution in [0.1, 0.15) is 49.3 Å². The average Bonchev–Trinajstić information content (AvgIpc) is 2.82. The minimum Gasteiger partial charge on any atom is -0.429 e. The van der Waals surface area contributed by atoms with Crippen molar-refractivity contribution < 1.29 is 44.9 Å². The van der Waals surface area contributed by atoms with Crippen molar-refractivity contribution in [3.05, 3.63) is 89.5 Å². The van der Waals surface area contributed by atoms with Crippen LogP contribution in [0.3, 0.4) is 0 Å². The van der Waals surface area contributed by atoms with E-state index in [4.69, 9.17) is 4.74 Å². The molecule has 0 aromatic heterocycles. The lowest BCUT2D eigenvalue weighted by Gasteiger charge is -2.21. The Labute approximate surface area is 209 Å². The first kappa shape index (κ1) is 28.1. The monoisotopic (exact) mass is 530 g/mol. The first-order valence-electron chi connectivity index (χ1n) is 11.6. The predicted molar refractivity (Wildman–Crippen MR) is 123 cm³/mol. The molecule has 0 saturated carbocycles. The van der Waals surface area contributed by atoms with Gasteiger partial charge < -0.3 is 14.2 Å². The Bertz CT molecular complexity index is 1110. The van der Waals surface area contributed by atoms with E-state index in [9.17, 15) is 30.7 Å². The molecule has 37 heavy (non-hydrogen) atoms. The van der Waals surface area contributed by atoms with E-state index in [0.717, 1.165) is 86.2 Å². The Hall–Kier alpha value is -3.43. The van der Waals surface area contributed by atoms with Gasteiger partial charge in [-0.15, -0.1) is 13.2 Å². The quantitative estimate of drug-likeness (QED) is 0.173. The highest BCUT2D eigenvalue weighted by Crippen LogP contribution is 2.36. The number of hydrogen-bond acceptors (Lipinski definition) is 3. The van der Waals surface area contributed by atoms with Crippen molar-refractivity contribution in [1.29, 1.82) is 0 Å². The second-order valence-corrected chi connectivity index (χ2v) is 8.29. The standard InChI is InChI=1S/C27H25F7O3/c1-2-3-4-5-6-19-7-9-20(10-8-19)25(28,29)35-22-13-11-21(12-14-22)26(30,31)36-23-15-17-24(18-16-23)37-27(32,33)34/h7-18H,2-6H2,1H3. The molecule has 0 spiro atoms. The summed E-state index contributed by atoms with van der Waals surface area (Å²) in [5.74, 6) is -1.38. The lowest BCUT2D eigenvalue weighted by atomic mass is 10.0. The van der Waals surface area contributed by atoms with E-state index in [0.29, 0.717) is 0 Å². The molecule has 3 rings (SSSR count). The molecule has 3 nitrogen and oxygen atoms in total. The van der Waals surface area contributed by atoms with Crippen molar-refractivity contribution >= 4 is 0 Å². The second kappa shape index (κ2) is 11.7. The van der Waals surface area contributed by atoms with Gasteiger partial charge in [-0.25, -0.2) is 0 Å². The number of unbranched alkanes of at least 4 members (excludes halogenated alkanes) is 3. The first-order valence-corrected chi connectivity index (χ1v) is 11.6. The summed E-state index contributed by atoms with van der Waals surface area (Å²) in [6, 6.07) is 12.8. The van der Waals surface area contributed by atoms with E-state index in [2.05, 4.69) is 16.4 Å². The molecular formula is C27H25F7O3. The van der Waals surface area contributed by atoms with Crippen molar-refractivity contribution in [2.24, 2.45) is 0 Å². The Morgan fingerprint density at radius 1 is 0.514 bits per heavy atom. The van der Waals surface area contributed by atoms with Crippen LogP contribution in [-0.2, 0) is 18.6 Å². The molecule has 0 heterocycles. The van der Waals surface area contributed by atoms with Gasteiger partial charge in [0.15, 0.2) is 0 Å². The maximum atomic E-state index is 14.6. The Kier molecular flexibility index (Phi) is 8.94. The summed E-state index contributed by atoms with van der Waals surface area (Å²) in [5.41, 5.74) is -0.114. The first-order chi connectivity index (χ1) is 17.4. The fraction of sp³-hybridized carbons (Fsp3) is 0.333. The van der Waals surface area contributed by atoms with Gasteiger partial charge in [0.2, 0.25) is 0 Å². The molecule has 0 atom stereocenters. The molecule has 0 unspecified atom stereocenters. The lowest BCUT2D eigenvalue weighted by molar-refractivity contribution is -0.274. The predicted octanol–water partition coefficient (Wildman–Crippen LogP) is 8.96. The van der Waals surface area contributed by atoms with Crippen LogP contribution in [0.15, 0.2) is 72.8 Å². The van der Waals surface area contributed by atoms with Crippen molar-refractivity contribution in [1.82, 2.24) is 0 Å². The Morgan fingerprint density at radius 3 is 1.35 bits per heavy atom. The fourth-order valence-electron chi connectivity index (χ4n) is 3.46. The van der Waals surface area contributed by atoms with Gasteiger partial charge in [-0.3, -0.25) is 0 Å². The largest absolute Gasteiger partial charge is 0.573 e. The summed E-state index contributed by atoms with van der Waals surface area (Å²) < 4.78 is 108. The molecule has 3 aromatic rings. The number of benzene rings is 3. The Balaban J connectivity index is 1.60. The van der Waals surface area contributed by atoms with Crippen LogP contribution in [-0.4, -0.2) is 6.36 Å². The molecule has 10 heteroatoms. The van der Waals surface area contributed by atoms with Gasteiger partial charge in [0.25, 0.3) is 0 Å². The van der Waals surface area contributed by atoms with E-state index in [1.165, 1.54) is 12.1 Å². The molecule has 0 amide bonds. The van der Waals surface area contributed by atoms with Gasteiger partial charge in [0.05, 0.1) is 11.1 Å². The van der Waals surface area contributed by atoms with Gasteiger partial charge in [0, 0.05) is 0 Å². The highest BCUT2D eigenvalue weighted by molar-refractivity contribution is 5.34. The molecule has 0 fully saturated rings. The number of aryl methyl sites for hydroxylation is 1. The number of hydrogen-bond donors (Lipinski definition) is 0. The summed E-state index contributed by atoms with van der Waals surface area (Å²) in [6.07, 6.45) is -7.47. The minimum absolute atomic E-state index is 0.346. The SMILES string of the molecule is CCCCCCc1ccc(C(F)(F)Oc2ccc(C(F)(F)Oc3ccc(OC(F)(F)F)cc3)cc2)cc1. The van der Waals surface area contributed by atoms with Crippen LogP contribution in [0.2, 0.25) is 0 Å². The van der Waals surface area contributed by atoms with Crippen molar-refractivity contribution in [2.75, 3.05) is 0 Å². The molecule has 200 valence electrons. The number of rotatable bonds is 12. The molecule has 0 saturated heterocycles. The fourth-order valence-corrected chi connectivity index (χ4v) is 3.46. The molecule has 0 aliphatic rings. The summed E-state index contributed by atoms with van der Waals surface area (Å²) >= 11 is 0. The maximum absolute atomic E-state index is 14.6. The summed E-state index contributed by atoms with van der Waals surface area (Å²) in [6.45, 7) is 2.10. The number of alkyl halides is 7.